The van der Waals surface area contributed by atoms with Gasteiger partial charge < -0.3 is 18.8 Å². The lowest BCUT2D eigenvalue weighted by Crippen LogP contribution is -2.46. The Balaban J connectivity index is 1.53. The normalized spacial score (nSPS) is 16.7. The predicted octanol–water partition coefficient (Wildman–Crippen LogP) is 4.82. The molecular weight excluding hydrogens is 477 g/mol. The Morgan fingerprint density at radius 3 is 2.74 bits per heavy atom. The summed E-state index contributed by atoms with van der Waals surface area (Å²) in [6.07, 6.45) is 1.15. The standard InChI is InChI=1S/C26H25ClFNO6/c1-15(26(32)29-9-3-4-16(14-29)10-24(30)33-2)34-18-6-8-20-21(13-25(31)35-23(20)12-18)19-7-5-17(28)11-22(19)27/h5-8,11-13,15-16H,3-4,9-10,14H2,1-2H3/t15?,16-/m0/s1. The monoisotopic (exact) mass is 501 g/mol. The number of piperidine rings is 1. The number of fused-ring (bicyclic) bond motifs is 1. The molecule has 0 aliphatic carbocycles. The van der Waals surface area contributed by atoms with Crippen molar-refractivity contribution in [1.82, 2.24) is 4.90 Å². The van der Waals surface area contributed by atoms with Gasteiger partial charge in [-0.05, 0) is 56.0 Å². The smallest absolute Gasteiger partial charge is 0.336 e. The highest BCUT2D eigenvalue weighted by Crippen LogP contribution is 2.34. The highest BCUT2D eigenvalue weighted by molar-refractivity contribution is 6.33. The third-order valence-electron chi connectivity index (χ3n) is 6.11. The van der Waals surface area contributed by atoms with E-state index in [4.69, 9.17) is 25.5 Å². The van der Waals surface area contributed by atoms with Crippen LogP contribution in [0.5, 0.6) is 5.75 Å². The lowest BCUT2D eigenvalue weighted by Gasteiger charge is -2.33. The third-order valence-corrected chi connectivity index (χ3v) is 6.42. The first kappa shape index (κ1) is 24.7. The maximum absolute atomic E-state index is 13.5. The molecule has 0 N–H and O–H groups in total. The fourth-order valence-corrected chi connectivity index (χ4v) is 4.68. The van der Waals surface area contributed by atoms with Crippen molar-refractivity contribution in [2.45, 2.75) is 32.3 Å². The van der Waals surface area contributed by atoms with Gasteiger partial charge in [0.25, 0.3) is 5.91 Å². The number of carbonyl (C=O) groups excluding carboxylic acids is 2. The van der Waals surface area contributed by atoms with E-state index in [0.717, 1.165) is 12.8 Å². The predicted molar refractivity (Wildman–Crippen MR) is 129 cm³/mol. The second kappa shape index (κ2) is 10.5. The van der Waals surface area contributed by atoms with Crippen molar-refractivity contribution in [2.24, 2.45) is 5.92 Å². The van der Waals surface area contributed by atoms with E-state index in [9.17, 15) is 18.8 Å². The van der Waals surface area contributed by atoms with E-state index in [1.807, 2.05) is 0 Å². The zero-order valence-corrected chi connectivity index (χ0v) is 20.1. The molecule has 7 nitrogen and oxygen atoms in total. The van der Waals surface area contributed by atoms with Gasteiger partial charge in [0, 0.05) is 48.2 Å². The number of likely N-dealkylation sites (tertiary alicyclic amines) is 1. The molecule has 0 saturated carbocycles. The fraction of sp³-hybridized carbons (Fsp3) is 0.346. The van der Waals surface area contributed by atoms with Crippen molar-refractivity contribution >= 4 is 34.4 Å². The van der Waals surface area contributed by atoms with E-state index in [1.165, 1.54) is 37.4 Å². The van der Waals surface area contributed by atoms with Crippen LogP contribution in [0.3, 0.4) is 0 Å². The van der Waals surface area contributed by atoms with Gasteiger partial charge in [-0.3, -0.25) is 9.59 Å². The highest BCUT2D eigenvalue weighted by Gasteiger charge is 2.29. The van der Waals surface area contributed by atoms with Gasteiger partial charge in [-0.2, -0.15) is 0 Å². The number of halogens is 2. The van der Waals surface area contributed by atoms with Crippen molar-refractivity contribution in [3.05, 3.63) is 63.7 Å². The van der Waals surface area contributed by atoms with Gasteiger partial charge in [0.05, 0.1) is 12.1 Å². The number of esters is 1. The molecule has 184 valence electrons. The van der Waals surface area contributed by atoms with Gasteiger partial charge in [-0.1, -0.05) is 11.6 Å². The van der Waals surface area contributed by atoms with E-state index < -0.39 is 17.5 Å². The van der Waals surface area contributed by atoms with Gasteiger partial charge in [-0.15, -0.1) is 0 Å². The molecule has 1 aliphatic heterocycles. The van der Waals surface area contributed by atoms with Crippen LogP contribution in [-0.4, -0.2) is 43.1 Å². The van der Waals surface area contributed by atoms with Crippen LogP contribution in [0.1, 0.15) is 26.2 Å². The maximum Gasteiger partial charge on any atom is 0.336 e. The maximum atomic E-state index is 13.5. The van der Waals surface area contributed by atoms with Crippen LogP contribution >= 0.6 is 11.6 Å². The molecule has 1 unspecified atom stereocenters. The fourth-order valence-electron chi connectivity index (χ4n) is 4.41. The summed E-state index contributed by atoms with van der Waals surface area (Å²) in [6.45, 7) is 2.72. The van der Waals surface area contributed by atoms with E-state index >= 15 is 0 Å². The summed E-state index contributed by atoms with van der Waals surface area (Å²) < 4.78 is 29.5. The number of hydrogen-bond donors (Lipinski definition) is 0. The first-order chi connectivity index (χ1) is 16.7. The van der Waals surface area contributed by atoms with Crippen molar-refractivity contribution < 1.29 is 27.9 Å². The van der Waals surface area contributed by atoms with Crippen LogP contribution in [0, 0.1) is 11.7 Å². The number of hydrogen-bond acceptors (Lipinski definition) is 6. The minimum absolute atomic E-state index is 0.0546. The first-order valence-electron chi connectivity index (χ1n) is 11.3. The van der Waals surface area contributed by atoms with Gasteiger partial charge >= 0.3 is 11.6 Å². The van der Waals surface area contributed by atoms with E-state index in [2.05, 4.69) is 0 Å². The molecule has 35 heavy (non-hydrogen) atoms. The molecule has 3 aromatic rings. The Morgan fingerprint density at radius 1 is 1.20 bits per heavy atom. The molecule has 2 aromatic carbocycles. The third kappa shape index (κ3) is 5.65. The Kier molecular flexibility index (Phi) is 7.40. The molecule has 4 rings (SSSR count). The first-order valence-corrected chi connectivity index (χ1v) is 11.7. The summed E-state index contributed by atoms with van der Waals surface area (Å²) in [4.78, 5) is 38.5. The molecule has 1 fully saturated rings. The van der Waals surface area contributed by atoms with Gasteiger partial charge in [0.2, 0.25) is 0 Å². The largest absolute Gasteiger partial charge is 0.481 e. The molecule has 1 amide bonds. The summed E-state index contributed by atoms with van der Waals surface area (Å²) in [5.41, 5.74) is 0.650. The topological polar surface area (TPSA) is 86.0 Å². The number of nitrogens with zero attached hydrogens (tertiary/aromatic N) is 1. The van der Waals surface area contributed by atoms with E-state index in [0.29, 0.717) is 35.4 Å². The van der Waals surface area contributed by atoms with Gasteiger partial charge in [0.15, 0.2) is 6.10 Å². The number of ether oxygens (including phenoxy) is 2. The number of carbonyl (C=O) groups is 2. The summed E-state index contributed by atoms with van der Waals surface area (Å²) in [7, 11) is 1.35. The van der Waals surface area contributed by atoms with Crippen molar-refractivity contribution in [2.75, 3.05) is 20.2 Å². The Hall–Kier alpha value is -3.39. The zero-order chi connectivity index (χ0) is 25.1. The van der Waals surface area contributed by atoms with Gasteiger partial charge in [0.1, 0.15) is 17.1 Å². The van der Waals surface area contributed by atoms with Gasteiger partial charge in [-0.25, -0.2) is 9.18 Å². The minimum atomic E-state index is -0.786. The summed E-state index contributed by atoms with van der Waals surface area (Å²) in [5, 5.41) is 0.759. The molecule has 1 aliphatic rings. The van der Waals surface area contributed by atoms with Crippen molar-refractivity contribution in [1.29, 1.82) is 0 Å². The van der Waals surface area contributed by atoms with Crippen LogP contribution in [0.4, 0.5) is 4.39 Å². The summed E-state index contributed by atoms with van der Waals surface area (Å²) >= 11 is 6.21. The van der Waals surface area contributed by atoms with Crippen LogP contribution in [-0.2, 0) is 14.3 Å². The molecule has 0 spiro atoms. The van der Waals surface area contributed by atoms with Crippen LogP contribution in [0.2, 0.25) is 5.02 Å². The number of benzene rings is 2. The molecule has 9 heteroatoms. The lowest BCUT2D eigenvalue weighted by molar-refractivity contribution is -0.145. The van der Waals surface area contributed by atoms with E-state index in [1.54, 1.807) is 24.0 Å². The molecule has 1 saturated heterocycles. The quantitative estimate of drug-likeness (QED) is 0.355. The van der Waals surface area contributed by atoms with Crippen molar-refractivity contribution in [3.63, 3.8) is 0 Å². The number of amides is 1. The molecule has 0 bridgehead atoms. The average molecular weight is 502 g/mol. The van der Waals surface area contributed by atoms with Crippen LogP contribution < -0.4 is 10.4 Å². The SMILES string of the molecule is COC(=O)C[C@@H]1CCCN(C(=O)C(C)Oc2ccc3c(-c4ccc(F)cc4Cl)cc(=O)oc3c2)C1. The van der Waals surface area contributed by atoms with Crippen LogP contribution in [0.25, 0.3) is 22.1 Å². The summed E-state index contributed by atoms with van der Waals surface area (Å²) in [6, 6.07) is 10.2. The zero-order valence-electron chi connectivity index (χ0n) is 19.4. The molecule has 2 atom stereocenters. The molecule has 2 heterocycles. The second-order valence-electron chi connectivity index (χ2n) is 8.59. The Morgan fingerprint density at radius 2 is 2.00 bits per heavy atom. The average Bonchev–Trinajstić information content (AvgIpc) is 2.83. The molecule has 1 aromatic heterocycles. The Bertz CT molecular complexity index is 1320. The Labute approximate surface area is 206 Å². The molecule has 0 radical (unpaired) electrons. The van der Waals surface area contributed by atoms with Crippen LogP contribution in [0.15, 0.2) is 51.7 Å². The summed E-state index contributed by atoms with van der Waals surface area (Å²) in [5.74, 6) is -0.544. The second-order valence-corrected chi connectivity index (χ2v) is 9.00. The number of methoxy groups -OCH3 is 1. The highest BCUT2D eigenvalue weighted by atomic mass is 35.5. The van der Waals surface area contributed by atoms with E-state index in [-0.39, 0.29) is 34.8 Å². The minimum Gasteiger partial charge on any atom is -0.481 e. The molecular formula is C26H25ClFNO6. The van der Waals surface area contributed by atoms with Crippen molar-refractivity contribution in [3.8, 4) is 16.9 Å². The number of rotatable bonds is 6. The lowest BCUT2D eigenvalue weighted by atomic mass is 9.94.